The summed E-state index contributed by atoms with van der Waals surface area (Å²) in [6, 6.07) is 2.20. The Kier molecular flexibility index (Phi) is 3.61. The first kappa shape index (κ1) is 13.4. The predicted octanol–water partition coefficient (Wildman–Crippen LogP) is 1.04. The molecule has 0 spiro atoms. The van der Waals surface area contributed by atoms with Crippen LogP contribution in [0.4, 0.5) is 0 Å². The first-order valence-electron chi connectivity index (χ1n) is 7.39. The summed E-state index contributed by atoms with van der Waals surface area (Å²) in [6.07, 6.45) is 5.95. The molecule has 0 aromatic carbocycles. The first-order chi connectivity index (χ1) is 9.65. The van der Waals surface area contributed by atoms with Gasteiger partial charge in [-0.1, -0.05) is 0 Å². The highest BCUT2D eigenvalue weighted by atomic mass is 16.2. The van der Waals surface area contributed by atoms with E-state index in [1.54, 1.807) is 6.20 Å². The zero-order valence-electron chi connectivity index (χ0n) is 11.8. The molecule has 1 aliphatic heterocycles. The second kappa shape index (κ2) is 5.40. The smallest absolute Gasteiger partial charge is 0.259 e. The molecule has 1 saturated heterocycles. The number of carbonyl (C=O) groups is 1. The number of nitrogens with zero attached hydrogens (tertiary/aromatic N) is 1. The van der Waals surface area contributed by atoms with Crippen molar-refractivity contribution in [3.63, 3.8) is 0 Å². The highest BCUT2D eigenvalue weighted by Gasteiger charge is 2.35. The van der Waals surface area contributed by atoms with Crippen LogP contribution in [-0.4, -0.2) is 41.0 Å². The number of rotatable bonds is 4. The van der Waals surface area contributed by atoms with Crippen LogP contribution in [0.2, 0.25) is 0 Å². The standard InChI is InChI=1S/C15H21N3O2/c1-10-7-14(19)13(8-17-10)15(20)18(12-4-5-12)9-11-3-2-6-16-11/h7-8,11-12,16H,2-6,9H2,1H3,(H,17,19). The Morgan fingerprint density at radius 3 is 2.80 bits per heavy atom. The van der Waals surface area contributed by atoms with Gasteiger partial charge in [-0.15, -0.1) is 0 Å². The number of amides is 1. The fourth-order valence-corrected chi connectivity index (χ4v) is 2.83. The summed E-state index contributed by atoms with van der Waals surface area (Å²) in [5.74, 6) is -0.123. The Hall–Kier alpha value is -1.62. The van der Waals surface area contributed by atoms with Crippen molar-refractivity contribution in [2.75, 3.05) is 13.1 Å². The van der Waals surface area contributed by atoms with Crippen molar-refractivity contribution < 1.29 is 4.79 Å². The lowest BCUT2D eigenvalue weighted by molar-refractivity contribution is 0.0727. The Morgan fingerprint density at radius 2 is 2.20 bits per heavy atom. The fraction of sp³-hybridized carbons (Fsp3) is 0.600. The van der Waals surface area contributed by atoms with Crippen LogP contribution in [0.25, 0.3) is 0 Å². The van der Waals surface area contributed by atoms with Crippen molar-refractivity contribution >= 4 is 5.91 Å². The summed E-state index contributed by atoms with van der Waals surface area (Å²) in [5.41, 5.74) is 0.860. The van der Waals surface area contributed by atoms with Gasteiger partial charge in [0.1, 0.15) is 5.56 Å². The zero-order valence-corrected chi connectivity index (χ0v) is 11.8. The average molecular weight is 275 g/mol. The first-order valence-corrected chi connectivity index (χ1v) is 7.39. The molecule has 1 atom stereocenters. The van der Waals surface area contributed by atoms with E-state index < -0.39 is 0 Å². The summed E-state index contributed by atoms with van der Waals surface area (Å²) in [7, 11) is 0. The number of aromatic nitrogens is 1. The number of hydrogen-bond donors (Lipinski definition) is 2. The lowest BCUT2D eigenvalue weighted by atomic mass is 10.1. The van der Waals surface area contributed by atoms with Crippen molar-refractivity contribution in [2.45, 2.75) is 44.7 Å². The molecule has 1 aromatic heterocycles. The topological polar surface area (TPSA) is 65.2 Å². The summed E-state index contributed by atoms with van der Waals surface area (Å²) >= 11 is 0. The molecule has 108 valence electrons. The molecule has 2 heterocycles. The quantitative estimate of drug-likeness (QED) is 0.863. The number of H-pyrrole nitrogens is 1. The third kappa shape index (κ3) is 2.77. The molecule has 1 aromatic rings. The molecule has 1 unspecified atom stereocenters. The van der Waals surface area contributed by atoms with E-state index in [4.69, 9.17) is 0 Å². The third-order valence-electron chi connectivity index (χ3n) is 4.12. The summed E-state index contributed by atoms with van der Waals surface area (Å²) in [5, 5.41) is 3.42. The maximum atomic E-state index is 12.6. The molecule has 0 radical (unpaired) electrons. The van der Waals surface area contributed by atoms with Crippen LogP contribution < -0.4 is 10.7 Å². The van der Waals surface area contributed by atoms with Crippen LogP contribution in [0.3, 0.4) is 0 Å². The number of hydrogen-bond acceptors (Lipinski definition) is 3. The summed E-state index contributed by atoms with van der Waals surface area (Å²) in [4.78, 5) is 29.5. The minimum Gasteiger partial charge on any atom is -0.364 e. The van der Waals surface area contributed by atoms with Gasteiger partial charge >= 0.3 is 0 Å². The maximum Gasteiger partial charge on any atom is 0.259 e. The van der Waals surface area contributed by atoms with Gasteiger partial charge in [0.15, 0.2) is 5.43 Å². The van der Waals surface area contributed by atoms with Gasteiger partial charge < -0.3 is 15.2 Å². The van der Waals surface area contributed by atoms with Crippen LogP contribution in [0.1, 0.15) is 41.7 Å². The van der Waals surface area contributed by atoms with Crippen molar-refractivity contribution in [2.24, 2.45) is 0 Å². The van der Waals surface area contributed by atoms with E-state index in [0.717, 1.165) is 38.0 Å². The Bertz CT molecular complexity index is 556. The van der Waals surface area contributed by atoms with E-state index in [9.17, 15) is 9.59 Å². The summed E-state index contributed by atoms with van der Waals surface area (Å²) in [6.45, 7) is 3.57. The molecule has 3 rings (SSSR count). The highest BCUT2D eigenvalue weighted by molar-refractivity contribution is 5.94. The third-order valence-corrected chi connectivity index (χ3v) is 4.12. The van der Waals surface area contributed by atoms with Gasteiger partial charge in [0, 0.05) is 36.6 Å². The number of carbonyl (C=O) groups excluding carboxylic acids is 1. The molecule has 2 N–H and O–H groups in total. The van der Waals surface area contributed by atoms with Crippen molar-refractivity contribution in [1.29, 1.82) is 0 Å². The van der Waals surface area contributed by atoms with E-state index in [-0.39, 0.29) is 16.9 Å². The van der Waals surface area contributed by atoms with E-state index in [1.807, 2.05) is 11.8 Å². The van der Waals surface area contributed by atoms with Crippen LogP contribution in [0.5, 0.6) is 0 Å². The Morgan fingerprint density at radius 1 is 1.40 bits per heavy atom. The van der Waals surface area contributed by atoms with Crippen LogP contribution in [0, 0.1) is 6.92 Å². The van der Waals surface area contributed by atoms with Crippen molar-refractivity contribution in [3.8, 4) is 0 Å². The molecule has 1 aliphatic carbocycles. The number of pyridine rings is 1. The van der Waals surface area contributed by atoms with Crippen LogP contribution in [0.15, 0.2) is 17.1 Å². The molecule has 1 amide bonds. The maximum absolute atomic E-state index is 12.6. The fourth-order valence-electron chi connectivity index (χ4n) is 2.83. The minimum absolute atomic E-state index is 0.123. The monoisotopic (exact) mass is 275 g/mol. The van der Waals surface area contributed by atoms with Gasteiger partial charge in [0.2, 0.25) is 0 Å². The van der Waals surface area contributed by atoms with Gasteiger partial charge in [-0.3, -0.25) is 9.59 Å². The summed E-state index contributed by atoms with van der Waals surface area (Å²) < 4.78 is 0. The van der Waals surface area contributed by atoms with Gasteiger partial charge in [-0.2, -0.15) is 0 Å². The molecular formula is C15H21N3O2. The molecule has 5 heteroatoms. The van der Waals surface area contributed by atoms with Crippen LogP contribution >= 0.6 is 0 Å². The Balaban J connectivity index is 1.79. The molecule has 5 nitrogen and oxygen atoms in total. The molecule has 20 heavy (non-hydrogen) atoms. The lowest BCUT2D eigenvalue weighted by Gasteiger charge is -2.25. The van der Waals surface area contributed by atoms with Crippen LogP contribution in [-0.2, 0) is 0 Å². The largest absolute Gasteiger partial charge is 0.364 e. The van der Waals surface area contributed by atoms with Gasteiger partial charge in [-0.05, 0) is 39.2 Å². The minimum atomic E-state index is -0.184. The van der Waals surface area contributed by atoms with E-state index in [1.165, 1.54) is 12.5 Å². The zero-order chi connectivity index (χ0) is 14.1. The Labute approximate surface area is 118 Å². The number of aryl methyl sites for hydroxylation is 1. The van der Waals surface area contributed by atoms with Crippen molar-refractivity contribution in [1.82, 2.24) is 15.2 Å². The SMILES string of the molecule is Cc1cc(=O)c(C(=O)N(CC2CCCN2)C2CC2)c[nH]1. The predicted molar refractivity (Wildman–Crippen MR) is 76.9 cm³/mol. The second-order valence-electron chi connectivity index (χ2n) is 5.88. The highest BCUT2D eigenvalue weighted by Crippen LogP contribution is 2.28. The van der Waals surface area contributed by atoms with E-state index in [2.05, 4.69) is 10.3 Å². The molecule has 2 fully saturated rings. The van der Waals surface area contributed by atoms with Gasteiger partial charge in [0.25, 0.3) is 5.91 Å². The van der Waals surface area contributed by atoms with E-state index >= 15 is 0 Å². The van der Waals surface area contributed by atoms with Gasteiger partial charge in [-0.25, -0.2) is 0 Å². The van der Waals surface area contributed by atoms with Gasteiger partial charge in [0.05, 0.1) is 0 Å². The van der Waals surface area contributed by atoms with E-state index in [0.29, 0.717) is 12.1 Å². The normalized spacial score (nSPS) is 21.9. The number of aromatic amines is 1. The molecule has 2 aliphatic rings. The van der Waals surface area contributed by atoms with Crippen molar-refractivity contribution in [3.05, 3.63) is 33.7 Å². The lowest BCUT2D eigenvalue weighted by Crippen LogP contribution is -2.43. The number of nitrogens with one attached hydrogen (secondary N) is 2. The average Bonchev–Trinajstić information content (AvgIpc) is 3.12. The molecule has 0 bridgehead atoms. The second-order valence-corrected chi connectivity index (χ2v) is 5.88. The molecular weight excluding hydrogens is 254 g/mol. The molecule has 1 saturated carbocycles.